The van der Waals surface area contributed by atoms with Gasteiger partial charge in [0.25, 0.3) is 0 Å². The zero-order valence-corrected chi connectivity index (χ0v) is 9.21. The van der Waals surface area contributed by atoms with Crippen molar-refractivity contribution in [3.63, 3.8) is 0 Å². The molecule has 5 heteroatoms. The summed E-state index contributed by atoms with van der Waals surface area (Å²) in [6, 6.07) is 5.33. The Morgan fingerprint density at radius 2 is 2.20 bits per heavy atom. The number of aryl methyl sites for hydroxylation is 2. The SMILES string of the molecule is Cc1cc(C)n(-c2ccc(C(=O)O)s2)n1. The van der Waals surface area contributed by atoms with Crippen LogP contribution in [0.4, 0.5) is 0 Å². The van der Waals surface area contributed by atoms with E-state index in [1.807, 2.05) is 19.9 Å². The van der Waals surface area contributed by atoms with E-state index in [0.717, 1.165) is 16.4 Å². The van der Waals surface area contributed by atoms with Gasteiger partial charge in [-0.3, -0.25) is 0 Å². The summed E-state index contributed by atoms with van der Waals surface area (Å²) in [5.74, 6) is -0.896. The number of aromatic nitrogens is 2. The Bertz CT molecular complexity index is 513. The molecule has 2 rings (SSSR count). The van der Waals surface area contributed by atoms with Crippen molar-refractivity contribution in [3.8, 4) is 5.00 Å². The quantitative estimate of drug-likeness (QED) is 0.847. The largest absolute Gasteiger partial charge is 0.477 e. The van der Waals surface area contributed by atoms with E-state index in [1.165, 1.54) is 11.3 Å². The van der Waals surface area contributed by atoms with E-state index in [9.17, 15) is 4.79 Å². The highest BCUT2D eigenvalue weighted by Crippen LogP contribution is 2.21. The molecule has 2 aromatic heterocycles. The van der Waals surface area contributed by atoms with E-state index in [0.29, 0.717) is 4.88 Å². The summed E-state index contributed by atoms with van der Waals surface area (Å²) >= 11 is 1.22. The van der Waals surface area contributed by atoms with Gasteiger partial charge in [0, 0.05) is 5.69 Å². The highest BCUT2D eigenvalue weighted by molar-refractivity contribution is 7.16. The minimum atomic E-state index is -0.896. The second-order valence-electron chi connectivity index (χ2n) is 3.28. The fourth-order valence-electron chi connectivity index (χ4n) is 1.41. The Morgan fingerprint density at radius 1 is 1.47 bits per heavy atom. The molecular formula is C10H10N2O2S. The average molecular weight is 222 g/mol. The van der Waals surface area contributed by atoms with E-state index in [-0.39, 0.29) is 0 Å². The molecule has 1 N–H and O–H groups in total. The lowest BCUT2D eigenvalue weighted by Crippen LogP contribution is -1.95. The van der Waals surface area contributed by atoms with Crippen LogP contribution in [-0.2, 0) is 0 Å². The second-order valence-corrected chi connectivity index (χ2v) is 4.34. The molecule has 0 amide bonds. The molecule has 2 aromatic rings. The van der Waals surface area contributed by atoms with Crippen LogP contribution in [0.5, 0.6) is 0 Å². The molecule has 0 bridgehead atoms. The molecule has 0 spiro atoms. The van der Waals surface area contributed by atoms with Gasteiger partial charge in [-0.1, -0.05) is 0 Å². The van der Waals surface area contributed by atoms with Gasteiger partial charge >= 0.3 is 5.97 Å². The number of nitrogens with zero attached hydrogens (tertiary/aromatic N) is 2. The first kappa shape index (κ1) is 9.92. The molecule has 0 saturated heterocycles. The Kier molecular flexibility index (Phi) is 2.32. The summed E-state index contributed by atoms with van der Waals surface area (Å²) in [5.41, 5.74) is 1.93. The van der Waals surface area contributed by atoms with E-state index >= 15 is 0 Å². The van der Waals surface area contributed by atoms with Gasteiger partial charge in [0.1, 0.15) is 9.88 Å². The van der Waals surface area contributed by atoms with Gasteiger partial charge in [0.15, 0.2) is 0 Å². The number of rotatable bonds is 2. The third kappa shape index (κ3) is 1.78. The maximum atomic E-state index is 10.7. The molecule has 0 aliphatic carbocycles. The standard InChI is InChI=1S/C10H10N2O2S/c1-6-5-7(2)12(11-6)9-4-3-8(15-9)10(13)14/h3-5H,1-2H3,(H,13,14). The minimum absolute atomic E-state index is 0.331. The summed E-state index contributed by atoms with van der Waals surface area (Å²) < 4.78 is 1.76. The summed E-state index contributed by atoms with van der Waals surface area (Å²) in [6.07, 6.45) is 0. The lowest BCUT2D eigenvalue weighted by molar-refractivity contribution is 0.0702. The van der Waals surface area contributed by atoms with Crippen molar-refractivity contribution in [1.82, 2.24) is 9.78 Å². The van der Waals surface area contributed by atoms with Crippen molar-refractivity contribution in [2.45, 2.75) is 13.8 Å². The Hall–Kier alpha value is -1.62. The lowest BCUT2D eigenvalue weighted by atomic mass is 10.4. The molecule has 0 aromatic carbocycles. The number of thiophene rings is 1. The van der Waals surface area contributed by atoms with Gasteiger partial charge in [0.05, 0.1) is 5.69 Å². The molecule has 0 atom stereocenters. The zero-order valence-electron chi connectivity index (χ0n) is 8.39. The minimum Gasteiger partial charge on any atom is -0.477 e. The van der Waals surface area contributed by atoms with E-state index in [4.69, 9.17) is 5.11 Å². The molecule has 0 fully saturated rings. The first-order valence-corrected chi connectivity index (χ1v) is 5.26. The topological polar surface area (TPSA) is 55.1 Å². The van der Waals surface area contributed by atoms with Crippen molar-refractivity contribution in [2.24, 2.45) is 0 Å². The normalized spacial score (nSPS) is 10.5. The monoisotopic (exact) mass is 222 g/mol. The number of hydrogen-bond acceptors (Lipinski definition) is 3. The van der Waals surface area contributed by atoms with Crippen LogP contribution < -0.4 is 0 Å². The number of carbonyl (C=O) groups is 1. The lowest BCUT2D eigenvalue weighted by Gasteiger charge is -1.98. The maximum absolute atomic E-state index is 10.7. The first-order valence-electron chi connectivity index (χ1n) is 4.44. The van der Waals surface area contributed by atoms with Crippen LogP contribution in [-0.4, -0.2) is 20.9 Å². The molecule has 15 heavy (non-hydrogen) atoms. The van der Waals surface area contributed by atoms with Crippen LogP contribution >= 0.6 is 11.3 Å². The van der Waals surface area contributed by atoms with Gasteiger partial charge in [-0.2, -0.15) is 5.10 Å². The molecule has 78 valence electrons. The Balaban J connectivity index is 2.45. The van der Waals surface area contributed by atoms with E-state index < -0.39 is 5.97 Å². The van der Waals surface area contributed by atoms with Crippen LogP contribution in [0.1, 0.15) is 21.1 Å². The van der Waals surface area contributed by atoms with Crippen molar-refractivity contribution in [2.75, 3.05) is 0 Å². The zero-order chi connectivity index (χ0) is 11.0. The predicted octanol–water partition coefficient (Wildman–Crippen LogP) is 2.25. The highest BCUT2D eigenvalue weighted by Gasteiger charge is 2.10. The summed E-state index contributed by atoms with van der Waals surface area (Å²) in [4.78, 5) is 11.0. The van der Waals surface area contributed by atoms with Gasteiger partial charge in [-0.25, -0.2) is 9.48 Å². The van der Waals surface area contributed by atoms with Crippen LogP contribution in [0.3, 0.4) is 0 Å². The fraction of sp³-hybridized carbons (Fsp3) is 0.200. The van der Waals surface area contributed by atoms with Crippen molar-refractivity contribution in [1.29, 1.82) is 0 Å². The molecule has 0 radical (unpaired) electrons. The number of carboxylic acid groups (broad SMARTS) is 1. The Morgan fingerprint density at radius 3 is 2.67 bits per heavy atom. The van der Waals surface area contributed by atoms with Crippen molar-refractivity contribution in [3.05, 3.63) is 34.5 Å². The second kappa shape index (κ2) is 3.51. The highest BCUT2D eigenvalue weighted by atomic mass is 32.1. The van der Waals surface area contributed by atoms with Gasteiger partial charge in [-0.15, -0.1) is 11.3 Å². The summed E-state index contributed by atoms with van der Waals surface area (Å²) in [5, 5.41) is 13.9. The summed E-state index contributed by atoms with van der Waals surface area (Å²) in [7, 11) is 0. The molecule has 4 nitrogen and oxygen atoms in total. The van der Waals surface area contributed by atoms with Crippen LogP contribution in [0, 0.1) is 13.8 Å². The maximum Gasteiger partial charge on any atom is 0.345 e. The van der Waals surface area contributed by atoms with Gasteiger partial charge in [-0.05, 0) is 32.0 Å². The predicted molar refractivity (Wildman–Crippen MR) is 57.9 cm³/mol. The van der Waals surface area contributed by atoms with Crippen molar-refractivity contribution < 1.29 is 9.90 Å². The molecule has 0 unspecified atom stereocenters. The van der Waals surface area contributed by atoms with Crippen LogP contribution in [0.15, 0.2) is 18.2 Å². The third-order valence-electron chi connectivity index (χ3n) is 2.02. The fourth-order valence-corrected chi connectivity index (χ4v) is 2.26. The van der Waals surface area contributed by atoms with Crippen molar-refractivity contribution >= 4 is 17.3 Å². The Labute approximate surface area is 90.8 Å². The summed E-state index contributed by atoms with van der Waals surface area (Å²) in [6.45, 7) is 3.86. The first-order chi connectivity index (χ1) is 7.08. The third-order valence-corrected chi connectivity index (χ3v) is 3.07. The van der Waals surface area contributed by atoms with E-state index in [2.05, 4.69) is 5.10 Å². The molecular weight excluding hydrogens is 212 g/mol. The number of hydrogen-bond donors (Lipinski definition) is 1. The molecule has 0 aliphatic heterocycles. The number of aromatic carboxylic acids is 1. The smallest absolute Gasteiger partial charge is 0.345 e. The molecule has 0 saturated carbocycles. The van der Waals surface area contributed by atoms with Gasteiger partial charge < -0.3 is 5.11 Å². The van der Waals surface area contributed by atoms with E-state index in [1.54, 1.807) is 16.8 Å². The van der Waals surface area contributed by atoms with Crippen LogP contribution in [0.2, 0.25) is 0 Å². The molecule has 0 aliphatic rings. The van der Waals surface area contributed by atoms with Gasteiger partial charge in [0.2, 0.25) is 0 Å². The number of carboxylic acids is 1. The molecule has 2 heterocycles. The van der Waals surface area contributed by atoms with Crippen LogP contribution in [0.25, 0.3) is 5.00 Å². The average Bonchev–Trinajstić information content (AvgIpc) is 2.71.